The van der Waals surface area contributed by atoms with Crippen LogP contribution in [0.25, 0.3) is 0 Å². The lowest BCUT2D eigenvalue weighted by molar-refractivity contribution is 0.0240. The fourth-order valence-electron chi connectivity index (χ4n) is 2.76. The van der Waals surface area contributed by atoms with Crippen LogP contribution in [-0.4, -0.2) is 62.4 Å². The Balaban J connectivity index is 2.01. The molecule has 1 aliphatic carbocycles. The van der Waals surface area contributed by atoms with Crippen LogP contribution >= 0.6 is 0 Å². The second-order valence-electron chi connectivity index (χ2n) is 7.86. The Morgan fingerprint density at radius 2 is 1.90 bits per heavy atom. The lowest BCUT2D eigenvalue weighted by Crippen LogP contribution is -2.40. The third kappa shape index (κ3) is 7.36. The Kier molecular flexibility index (Phi) is 7.99. The molecule has 0 unspecified atom stereocenters. The molecule has 0 heterocycles. The monoisotopic (exact) mass is 406 g/mol. The zero-order valence-electron chi connectivity index (χ0n) is 18.4. The van der Waals surface area contributed by atoms with Gasteiger partial charge in [-0.1, -0.05) is 0 Å². The minimum atomic E-state index is -0.503. The number of amides is 1. The van der Waals surface area contributed by atoms with E-state index in [1.54, 1.807) is 19.1 Å². The molecule has 0 bridgehead atoms. The van der Waals surface area contributed by atoms with Crippen LogP contribution in [0.5, 0.6) is 11.5 Å². The van der Waals surface area contributed by atoms with Crippen molar-refractivity contribution in [1.82, 2.24) is 10.2 Å². The van der Waals surface area contributed by atoms with Gasteiger partial charge in [-0.05, 0) is 52.7 Å². The number of hydrogen-bond acceptors (Lipinski definition) is 5. The fourth-order valence-corrected chi connectivity index (χ4v) is 2.76. The Labute approximate surface area is 173 Å². The summed E-state index contributed by atoms with van der Waals surface area (Å²) in [6, 6.07) is 5.84. The van der Waals surface area contributed by atoms with Gasteiger partial charge in [-0.25, -0.2) is 4.79 Å². The van der Waals surface area contributed by atoms with Gasteiger partial charge in [0.05, 0.1) is 20.8 Å². The summed E-state index contributed by atoms with van der Waals surface area (Å²) >= 11 is 0. The number of nitrogens with one attached hydrogen (secondary N) is 2. The summed E-state index contributed by atoms with van der Waals surface area (Å²) in [4.78, 5) is 18.9. The Morgan fingerprint density at radius 1 is 1.21 bits per heavy atom. The van der Waals surface area contributed by atoms with Gasteiger partial charge in [-0.2, -0.15) is 0 Å². The van der Waals surface area contributed by atoms with Crippen molar-refractivity contribution in [2.24, 2.45) is 4.99 Å². The van der Waals surface area contributed by atoms with Gasteiger partial charge in [-0.3, -0.25) is 4.99 Å². The largest absolute Gasteiger partial charge is 0.493 e. The van der Waals surface area contributed by atoms with Crippen molar-refractivity contribution in [3.63, 3.8) is 0 Å². The molecule has 0 aromatic heterocycles. The Hall–Kier alpha value is -2.64. The van der Waals surface area contributed by atoms with Gasteiger partial charge in [0.25, 0.3) is 0 Å². The van der Waals surface area contributed by atoms with Gasteiger partial charge >= 0.3 is 6.09 Å². The maximum atomic E-state index is 12.5. The molecule has 1 aliphatic rings. The summed E-state index contributed by atoms with van der Waals surface area (Å²) in [7, 11) is 3.21. The minimum Gasteiger partial charge on any atom is -0.493 e. The number of carbonyl (C=O) groups is 1. The van der Waals surface area contributed by atoms with Crippen molar-refractivity contribution in [2.45, 2.75) is 52.2 Å². The quantitative estimate of drug-likeness (QED) is 0.508. The molecule has 29 heavy (non-hydrogen) atoms. The molecule has 2 N–H and O–H groups in total. The van der Waals surface area contributed by atoms with Gasteiger partial charge in [0.2, 0.25) is 0 Å². The van der Waals surface area contributed by atoms with Gasteiger partial charge in [0, 0.05) is 30.9 Å². The lowest BCUT2D eigenvalue weighted by Gasteiger charge is -2.27. The average molecular weight is 407 g/mol. The number of ether oxygens (including phenoxy) is 3. The maximum Gasteiger partial charge on any atom is 0.410 e. The molecule has 162 valence electrons. The van der Waals surface area contributed by atoms with Crippen molar-refractivity contribution < 1.29 is 19.0 Å². The molecule has 1 aromatic carbocycles. The number of carbonyl (C=O) groups excluding carboxylic acids is 1. The normalized spacial score (nSPS) is 14.2. The van der Waals surface area contributed by atoms with Crippen molar-refractivity contribution in [3.05, 3.63) is 18.2 Å². The first-order chi connectivity index (χ1) is 13.8. The number of nitrogens with zero attached hydrogens (tertiary/aromatic N) is 2. The summed E-state index contributed by atoms with van der Waals surface area (Å²) in [6.07, 6.45) is 1.77. The topological polar surface area (TPSA) is 84.4 Å². The molecular weight excluding hydrogens is 372 g/mol. The van der Waals surface area contributed by atoms with Gasteiger partial charge in [0.15, 0.2) is 17.5 Å². The summed E-state index contributed by atoms with van der Waals surface area (Å²) in [5, 5.41) is 6.48. The highest BCUT2D eigenvalue weighted by Crippen LogP contribution is 2.30. The number of rotatable bonds is 8. The molecule has 2 rings (SSSR count). The number of aliphatic imine (C=N–C) groups is 1. The summed E-state index contributed by atoms with van der Waals surface area (Å²) < 4.78 is 16.1. The lowest BCUT2D eigenvalue weighted by atomic mass is 10.2. The highest BCUT2D eigenvalue weighted by molar-refractivity contribution is 5.93. The van der Waals surface area contributed by atoms with E-state index < -0.39 is 5.60 Å². The molecule has 1 amide bonds. The number of methoxy groups -OCH3 is 2. The SMILES string of the molecule is CCNC(=NCCN(C(=O)OC(C)(C)C)C1CC1)Nc1ccc(OC)c(OC)c1. The first-order valence-corrected chi connectivity index (χ1v) is 10.0. The molecule has 0 atom stereocenters. The molecule has 1 saturated carbocycles. The third-order valence-corrected chi connectivity index (χ3v) is 4.22. The number of benzene rings is 1. The van der Waals surface area contributed by atoms with Crippen LogP contribution in [-0.2, 0) is 4.74 Å². The minimum absolute atomic E-state index is 0.265. The van der Waals surface area contributed by atoms with Crippen LogP contribution in [0.2, 0.25) is 0 Å². The molecular formula is C21H34N4O4. The second-order valence-corrected chi connectivity index (χ2v) is 7.86. The molecule has 0 aliphatic heterocycles. The average Bonchev–Trinajstić information content (AvgIpc) is 3.48. The predicted molar refractivity (Wildman–Crippen MR) is 115 cm³/mol. The molecule has 0 saturated heterocycles. The van der Waals surface area contributed by atoms with E-state index in [0.717, 1.165) is 25.1 Å². The molecule has 1 aromatic rings. The summed E-state index contributed by atoms with van der Waals surface area (Å²) in [6.45, 7) is 9.35. The van der Waals surface area contributed by atoms with Crippen molar-refractivity contribution in [2.75, 3.05) is 39.2 Å². The first kappa shape index (κ1) is 22.6. The second kappa shape index (κ2) is 10.2. The van der Waals surface area contributed by atoms with Crippen LogP contribution in [0.15, 0.2) is 23.2 Å². The van der Waals surface area contributed by atoms with Crippen molar-refractivity contribution in [1.29, 1.82) is 0 Å². The summed E-state index contributed by atoms with van der Waals surface area (Å²) in [5.41, 5.74) is 0.325. The van der Waals surface area contributed by atoms with E-state index in [1.807, 2.05) is 45.9 Å². The molecule has 0 spiro atoms. The van der Waals surface area contributed by atoms with E-state index in [9.17, 15) is 4.79 Å². The molecule has 8 nitrogen and oxygen atoms in total. The van der Waals surface area contributed by atoms with Gasteiger partial charge in [0.1, 0.15) is 5.60 Å². The van der Waals surface area contributed by atoms with Gasteiger partial charge < -0.3 is 29.7 Å². The molecule has 0 radical (unpaired) electrons. The molecule has 8 heteroatoms. The van der Waals surface area contributed by atoms with Crippen LogP contribution in [0.3, 0.4) is 0 Å². The zero-order valence-corrected chi connectivity index (χ0v) is 18.4. The van der Waals surface area contributed by atoms with Gasteiger partial charge in [-0.15, -0.1) is 0 Å². The van der Waals surface area contributed by atoms with Crippen LogP contribution < -0.4 is 20.1 Å². The fraction of sp³-hybridized carbons (Fsp3) is 0.619. The highest BCUT2D eigenvalue weighted by Gasteiger charge is 2.34. The van der Waals surface area contributed by atoms with E-state index in [4.69, 9.17) is 14.2 Å². The predicted octanol–water partition coefficient (Wildman–Crippen LogP) is 3.48. The third-order valence-electron chi connectivity index (χ3n) is 4.22. The first-order valence-electron chi connectivity index (χ1n) is 10.0. The van der Waals surface area contributed by atoms with E-state index >= 15 is 0 Å². The highest BCUT2D eigenvalue weighted by atomic mass is 16.6. The van der Waals surface area contributed by atoms with E-state index in [0.29, 0.717) is 30.5 Å². The smallest absolute Gasteiger partial charge is 0.410 e. The zero-order chi connectivity index (χ0) is 21.4. The van der Waals surface area contributed by atoms with Crippen molar-refractivity contribution in [3.8, 4) is 11.5 Å². The van der Waals surface area contributed by atoms with E-state index in [1.165, 1.54) is 0 Å². The number of guanidine groups is 1. The maximum absolute atomic E-state index is 12.5. The van der Waals surface area contributed by atoms with E-state index in [2.05, 4.69) is 15.6 Å². The van der Waals surface area contributed by atoms with Crippen LogP contribution in [0.4, 0.5) is 10.5 Å². The van der Waals surface area contributed by atoms with Crippen LogP contribution in [0.1, 0.15) is 40.5 Å². The van der Waals surface area contributed by atoms with E-state index in [-0.39, 0.29) is 12.1 Å². The number of anilines is 1. The molecule has 1 fully saturated rings. The number of hydrogen-bond donors (Lipinski definition) is 2. The standard InChI is InChI=1S/C21H34N4O4/c1-7-22-19(24-15-8-11-17(27-5)18(14-15)28-6)23-12-13-25(16-9-10-16)20(26)29-21(2,3)4/h8,11,14,16H,7,9-10,12-13H2,1-6H3,(H2,22,23,24). The summed E-state index contributed by atoms with van der Waals surface area (Å²) in [5.74, 6) is 1.94. The van der Waals surface area contributed by atoms with Crippen LogP contribution in [0, 0.1) is 0 Å². The Morgan fingerprint density at radius 3 is 2.45 bits per heavy atom. The Bertz CT molecular complexity index is 711. The van der Waals surface area contributed by atoms with Crippen molar-refractivity contribution >= 4 is 17.7 Å².